The molecule has 0 radical (unpaired) electrons. The van der Waals surface area contributed by atoms with Crippen molar-refractivity contribution < 1.29 is 14.3 Å². The minimum atomic E-state index is -0.302. The number of hydrogen-bond acceptors (Lipinski definition) is 4. The van der Waals surface area contributed by atoms with Crippen LogP contribution in [-0.4, -0.2) is 37.8 Å². The van der Waals surface area contributed by atoms with E-state index < -0.39 is 0 Å². The van der Waals surface area contributed by atoms with Crippen LogP contribution in [0.3, 0.4) is 0 Å². The summed E-state index contributed by atoms with van der Waals surface area (Å²) in [5.74, 6) is 0.713. The van der Waals surface area contributed by atoms with Gasteiger partial charge in [-0.2, -0.15) is 0 Å². The fourth-order valence-electron chi connectivity index (χ4n) is 2.61. The molecule has 1 amide bonds. The molecule has 2 N–H and O–H groups in total. The number of carbonyl (C=O) groups is 1. The van der Waals surface area contributed by atoms with Crippen molar-refractivity contribution in [1.29, 1.82) is 0 Å². The first-order valence-corrected chi connectivity index (χ1v) is 8.05. The maximum atomic E-state index is 12.3. The van der Waals surface area contributed by atoms with E-state index in [0.29, 0.717) is 19.8 Å². The molecule has 2 fully saturated rings. The Morgan fingerprint density at radius 1 is 1.45 bits per heavy atom. The number of ether oxygens (including phenoxy) is 2. The van der Waals surface area contributed by atoms with Crippen molar-refractivity contribution in [2.75, 3.05) is 25.1 Å². The van der Waals surface area contributed by atoms with Crippen LogP contribution in [0.25, 0.3) is 0 Å². The second-order valence-electron chi connectivity index (χ2n) is 6.16. The van der Waals surface area contributed by atoms with Crippen LogP contribution in [0, 0.1) is 5.92 Å². The Labute approximate surface area is 131 Å². The maximum Gasteiger partial charge on any atom is 0.244 e. The minimum Gasteiger partial charge on any atom is -0.376 e. The molecule has 5 heteroatoms. The molecule has 1 aliphatic heterocycles. The van der Waals surface area contributed by atoms with Crippen LogP contribution < -0.4 is 10.6 Å². The molecular formula is C17H24N2O3. The Bertz CT molecular complexity index is 516. The molecule has 1 saturated heterocycles. The van der Waals surface area contributed by atoms with Gasteiger partial charge in [0.1, 0.15) is 6.04 Å². The number of carbonyl (C=O) groups excluding carboxylic acids is 1. The van der Waals surface area contributed by atoms with Crippen LogP contribution in [-0.2, 0) is 20.9 Å². The number of rotatable bonds is 6. The van der Waals surface area contributed by atoms with Crippen molar-refractivity contribution in [3.63, 3.8) is 0 Å². The second-order valence-corrected chi connectivity index (χ2v) is 6.16. The lowest BCUT2D eigenvalue weighted by Crippen LogP contribution is -2.53. The third kappa shape index (κ3) is 4.29. The number of amides is 1. The van der Waals surface area contributed by atoms with Gasteiger partial charge in [-0.25, -0.2) is 0 Å². The van der Waals surface area contributed by atoms with Crippen LogP contribution in [0.2, 0.25) is 0 Å². The zero-order chi connectivity index (χ0) is 15.4. The van der Waals surface area contributed by atoms with E-state index in [0.717, 1.165) is 23.8 Å². The zero-order valence-corrected chi connectivity index (χ0v) is 13.0. The molecule has 22 heavy (non-hydrogen) atoms. The van der Waals surface area contributed by atoms with Gasteiger partial charge < -0.3 is 20.1 Å². The van der Waals surface area contributed by atoms with Crippen LogP contribution in [0.4, 0.5) is 5.69 Å². The Hall–Kier alpha value is -1.43. The van der Waals surface area contributed by atoms with Crippen molar-refractivity contribution in [2.45, 2.75) is 38.5 Å². The number of benzene rings is 1. The normalized spacial score (nSPS) is 25.0. The molecule has 0 spiro atoms. The number of morpholine rings is 1. The van der Waals surface area contributed by atoms with Gasteiger partial charge in [-0.1, -0.05) is 12.1 Å². The van der Waals surface area contributed by atoms with Crippen molar-refractivity contribution >= 4 is 11.6 Å². The minimum absolute atomic E-state index is 0.0525. The van der Waals surface area contributed by atoms with Gasteiger partial charge in [0.05, 0.1) is 19.3 Å². The molecule has 1 aromatic rings. The molecular weight excluding hydrogens is 280 g/mol. The summed E-state index contributed by atoms with van der Waals surface area (Å²) in [7, 11) is 0. The summed E-state index contributed by atoms with van der Waals surface area (Å²) in [4.78, 5) is 12.3. The standard InChI is InChI=1S/C17H24N2O3/c1-12-16(18-7-8-22-12)17(20)19-15-4-2-3-14(9-15)11-21-10-13-5-6-13/h2-4,9,12-13,16,18H,5-8,10-11H2,1H3,(H,19,20)/t12-,16+/m1/s1. The number of anilines is 1. The summed E-state index contributed by atoms with van der Waals surface area (Å²) in [6.45, 7) is 4.72. The molecule has 1 aromatic carbocycles. The van der Waals surface area contributed by atoms with Gasteiger partial charge in [-0.3, -0.25) is 4.79 Å². The predicted octanol–water partition coefficient (Wildman–Crippen LogP) is 1.93. The molecule has 0 aromatic heterocycles. The van der Waals surface area contributed by atoms with E-state index in [1.807, 2.05) is 31.2 Å². The number of nitrogens with one attached hydrogen (secondary N) is 2. The quantitative estimate of drug-likeness (QED) is 0.843. The lowest BCUT2D eigenvalue weighted by atomic mass is 10.1. The molecule has 120 valence electrons. The fourth-order valence-corrected chi connectivity index (χ4v) is 2.61. The van der Waals surface area contributed by atoms with Crippen LogP contribution >= 0.6 is 0 Å². The smallest absolute Gasteiger partial charge is 0.244 e. The van der Waals surface area contributed by atoms with Gasteiger partial charge in [-0.05, 0) is 43.4 Å². The summed E-state index contributed by atoms with van der Waals surface area (Å²) in [5.41, 5.74) is 1.89. The first-order chi connectivity index (χ1) is 10.7. The van der Waals surface area contributed by atoms with Gasteiger partial charge in [-0.15, -0.1) is 0 Å². The molecule has 3 rings (SSSR count). The third-order valence-electron chi connectivity index (χ3n) is 4.11. The van der Waals surface area contributed by atoms with E-state index in [2.05, 4.69) is 10.6 Å². The summed E-state index contributed by atoms with van der Waals surface area (Å²) in [6.07, 6.45) is 2.48. The summed E-state index contributed by atoms with van der Waals surface area (Å²) >= 11 is 0. The monoisotopic (exact) mass is 304 g/mol. The highest BCUT2D eigenvalue weighted by Gasteiger charge is 2.28. The van der Waals surface area contributed by atoms with Crippen LogP contribution in [0.5, 0.6) is 0 Å². The molecule has 1 saturated carbocycles. The highest BCUT2D eigenvalue weighted by atomic mass is 16.5. The number of hydrogen-bond donors (Lipinski definition) is 2. The van der Waals surface area contributed by atoms with Crippen molar-refractivity contribution in [3.05, 3.63) is 29.8 Å². The fraction of sp³-hybridized carbons (Fsp3) is 0.588. The average molecular weight is 304 g/mol. The highest BCUT2D eigenvalue weighted by Crippen LogP contribution is 2.29. The Kier molecular flexibility index (Phi) is 5.08. The van der Waals surface area contributed by atoms with Gasteiger partial charge >= 0.3 is 0 Å². The van der Waals surface area contributed by atoms with Crippen LogP contribution in [0.1, 0.15) is 25.3 Å². The lowest BCUT2D eigenvalue weighted by Gasteiger charge is -2.29. The molecule has 0 bridgehead atoms. The van der Waals surface area contributed by atoms with E-state index in [-0.39, 0.29) is 18.1 Å². The third-order valence-corrected chi connectivity index (χ3v) is 4.11. The first kappa shape index (κ1) is 15.5. The van der Waals surface area contributed by atoms with E-state index in [1.165, 1.54) is 12.8 Å². The van der Waals surface area contributed by atoms with Crippen molar-refractivity contribution in [3.8, 4) is 0 Å². The Morgan fingerprint density at radius 2 is 2.32 bits per heavy atom. The highest BCUT2D eigenvalue weighted by molar-refractivity contribution is 5.95. The molecule has 0 unspecified atom stereocenters. The molecule has 2 atom stereocenters. The second kappa shape index (κ2) is 7.22. The van der Waals surface area contributed by atoms with Crippen molar-refractivity contribution in [1.82, 2.24) is 5.32 Å². The average Bonchev–Trinajstić information content (AvgIpc) is 3.32. The summed E-state index contributed by atoms with van der Waals surface area (Å²) in [6, 6.07) is 7.53. The Morgan fingerprint density at radius 3 is 3.09 bits per heavy atom. The molecule has 5 nitrogen and oxygen atoms in total. The maximum absolute atomic E-state index is 12.3. The topological polar surface area (TPSA) is 59.6 Å². The summed E-state index contributed by atoms with van der Waals surface area (Å²) < 4.78 is 11.2. The summed E-state index contributed by atoms with van der Waals surface area (Å²) in [5, 5.41) is 6.15. The van der Waals surface area contributed by atoms with E-state index >= 15 is 0 Å². The predicted molar refractivity (Wildman–Crippen MR) is 84.7 cm³/mol. The van der Waals surface area contributed by atoms with E-state index in [1.54, 1.807) is 0 Å². The molecule has 1 aliphatic carbocycles. The van der Waals surface area contributed by atoms with Gasteiger partial charge in [0.25, 0.3) is 0 Å². The SMILES string of the molecule is C[C@H]1OCCN[C@@H]1C(=O)Nc1cccc(COCC2CC2)c1. The van der Waals surface area contributed by atoms with E-state index in [9.17, 15) is 4.79 Å². The van der Waals surface area contributed by atoms with Crippen LogP contribution in [0.15, 0.2) is 24.3 Å². The lowest BCUT2D eigenvalue weighted by molar-refractivity contribution is -0.123. The van der Waals surface area contributed by atoms with E-state index in [4.69, 9.17) is 9.47 Å². The molecule has 2 aliphatic rings. The van der Waals surface area contributed by atoms with Gasteiger partial charge in [0.15, 0.2) is 0 Å². The largest absolute Gasteiger partial charge is 0.376 e. The molecule has 1 heterocycles. The van der Waals surface area contributed by atoms with Crippen molar-refractivity contribution in [2.24, 2.45) is 5.92 Å². The van der Waals surface area contributed by atoms with Gasteiger partial charge in [0.2, 0.25) is 5.91 Å². The van der Waals surface area contributed by atoms with Gasteiger partial charge in [0, 0.05) is 18.8 Å². The zero-order valence-electron chi connectivity index (χ0n) is 13.0. The Balaban J connectivity index is 1.53. The first-order valence-electron chi connectivity index (χ1n) is 8.05.